The third-order valence-electron chi connectivity index (χ3n) is 3.61. The van der Waals surface area contributed by atoms with Gasteiger partial charge in [0.2, 0.25) is 5.60 Å². The van der Waals surface area contributed by atoms with Crippen molar-refractivity contribution < 1.29 is 31.9 Å². The van der Waals surface area contributed by atoms with E-state index in [-0.39, 0.29) is 0 Å². The fourth-order valence-corrected chi connectivity index (χ4v) is 2.27. The first kappa shape index (κ1) is 18.8. The third-order valence-corrected chi connectivity index (χ3v) is 3.61. The number of aryl methyl sites for hydroxylation is 1. The number of hydrogen-bond acceptors (Lipinski definition) is 3. The quantitative estimate of drug-likeness (QED) is 0.801. The smallest absolute Gasteiger partial charge is 0.374 e. The van der Waals surface area contributed by atoms with Crippen molar-refractivity contribution in [3.05, 3.63) is 53.6 Å². The monoisotopic (exact) mass is 363 g/mol. The summed E-state index contributed by atoms with van der Waals surface area (Å²) in [5.74, 6) is -3.63. The van der Waals surface area contributed by atoms with Crippen LogP contribution in [0.25, 0.3) is 0 Å². The van der Waals surface area contributed by atoms with Crippen LogP contribution in [0.4, 0.5) is 22.0 Å². The lowest BCUT2D eigenvalue weighted by molar-refractivity contribution is -0.272. The molecule has 0 fully saturated rings. The normalized spacial score (nSPS) is 14.2. The highest BCUT2D eigenvalue weighted by Gasteiger charge is 2.57. The van der Waals surface area contributed by atoms with Crippen LogP contribution in [0.5, 0.6) is 0 Å². The van der Waals surface area contributed by atoms with Crippen LogP contribution in [0, 0.1) is 11.6 Å². The molecular formula is C15H14F5N3O2. The highest BCUT2D eigenvalue weighted by molar-refractivity contribution is 5.94. The summed E-state index contributed by atoms with van der Waals surface area (Å²) in [6.07, 6.45) is -3.69. The molecule has 25 heavy (non-hydrogen) atoms. The van der Waals surface area contributed by atoms with Crippen LogP contribution >= 0.6 is 0 Å². The summed E-state index contributed by atoms with van der Waals surface area (Å²) < 4.78 is 67.4. The fraction of sp³-hybridized carbons (Fsp3) is 0.333. The lowest BCUT2D eigenvalue weighted by atomic mass is 9.97. The number of amides is 1. The van der Waals surface area contributed by atoms with E-state index in [1.807, 2.05) is 5.32 Å². The molecule has 0 spiro atoms. The van der Waals surface area contributed by atoms with E-state index in [0.29, 0.717) is 6.07 Å². The van der Waals surface area contributed by atoms with Gasteiger partial charge in [-0.3, -0.25) is 4.79 Å². The lowest BCUT2D eigenvalue weighted by Crippen LogP contribution is -2.46. The minimum atomic E-state index is -5.05. The Morgan fingerprint density at radius 2 is 2.00 bits per heavy atom. The third kappa shape index (κ3) is 3.78. The van der Waals surface area contributed by atoms with Gasteiger partial charge in [-0.05, 0) is 18.2 Å². The van der Waals surface area contributed by atoms with E-state index in [9.17, 15) is 31.9 Å². The number of aromatic nitrogens is 2. The zero-order chi connectivity index (χ0) is 18.8. The highest BCUT2D eigenvalue weighted by Crippen LogP contribution is 2.40. The molecule has 2 rings (SSSR count). The van der Waals surface area contributed by atoms with E-state index in [1.165, 1.54) is 13.2 Å². The zero-order valence-corrected chi connectivity index (χ0v) is 12.9. The van der Waals surface area contributed by atoms with Crippen LogP contribution < -0.4 is 5.32 Å². The van der Waals surface area contributed by atoms with Gasteiger partial charge >= 0.3 is 6.18 Å². The Morgan fingerprint density at radius 3 is 2.56 bits per heavy atom. The molecule has 136 valence electrons. The fourth-order valence-electron chi connectivity index (χ4n) is 2.27. The van der Waals surface area contributed by atoms with Gasteiger partial charge in [0.1, 0.15) is 17.5 Å². The lowest BCUT2D eigenvalue weighted by Gasteiger charge is -2.30. The van der Waals surface area contributed by atoms with Crippen LogP contribution in [-0.4, -0.2) is 33.3 Å². The second-order valence-electron chi connectivity index (χ2n) is 5.35. The Bertz CT molecular complexity index is 775. The molecule has 0 aliphatic rings. The van der Waals surface area contributed by atoms with E-state index in [0.717, 1.165) is 22.9 Å². The Kier molecular flexibility index (Phi) is 5.12. The molecule has 0 aliphatic carbocycles. The minimum Gasteiger partial charge on any atom is -0.374 e. The Balaban J connectivity index is 2.13. The van der Waals surface area contributed by atoms with Gasteiger partial charge in [-0.15, -0.1) is 0 Å². The number of benzene rings is 1. The number of halogens is 5. The molecule has 1 aromatic carbocycles. The number of imidazole rings is 1. The molecule has 1 unspecified atom stereocenters. The molecule has 1 heterocycles. The predicted molar refractivity (Wildman–Crippen MR) is 76.5 cm³/mol. The standard InChI is InChI=1S/C15H14F5N3O2/c1-23-7-6-22-13(23)14(25,15(18,19)20)4-5-21-12(24)10-8-9(16)2-3-11(10)17/h2-3,6-8,25H,4-5H2,1H3,(H,21,24). The van der Waals surface area contributed by atoms with Crippen LogP contribution in [0.2, 0.25) is 0 Å². The maximum Gasteiger partial charge on any atom is 0.424 e. The summed E-state index contributed by atoms with van der Waals surface area (Å²) in [6, 6.07) is 2.15. The molecule has 0 saturated heterocycles. The maximum absolute atomic E-state index is 13.5. The molecule has 1 amide bonds. The second kappa shape index (κ2) is 6.79. The van der Waals surface area contributed by atoms with Crippen molar-refractivity contribution in [1.29, 1.82) is 0 Å². The summed E-state index contributed by atoms with van der Waals surface area (Å²) in [7, 11) is 1.28. The molecular weight excluding hydrogens is 349 g/mol. The summed E-state index contributed by atoms with van der Waals surface area (Å²) in [5, 5.41) is 12.1. The molecule has 1 aromatic heterocycles. The first-order valence-electron chi connectivity index (χ1n) is 7.06. The van der Waals surface area contributed by atoms with Crippen molar-refractivity contribution in [3.63, 3.8) is 0 Å². The topological polar surface area (TPSA) is 67.2 Å². The van der Waals surface area contributed by atoms with E-state index in [4.69, 9.17) is 0 Å². The van der Waals surface area contributed by atoms with Gasteiger partial charge in [0.05, 0.1) is 5.56 Å². The van der Waals surface area contributed by atoms with Crippen LogP contribution in [0.1, 0.15) is 22.6 Å². The van der Waals surface area contributed by atoms with Crippen molar-refractivity contribution in [3.8, 4) is 0 Å². The summed E-state index contributed by atoms with van der Waals surface area (Å²) >= 11 is 0. The molecule has 5 nitrogen and oxygen atoms in total. The van der Waals surface area contributed by atoms with Gasteiger partial charge in [-0.2, -0.15) is 13.2 Å². The average molecular weight is 363 g/mol. The molecule has 0 bridgehead atoms. The highest BCUT2D eigenvalue weighted by atomic mass is 19.4. The zero-order valence-electron chi connectivity index (χ0n) is 12.9. The van der Waals surface area contributed by atoms with E-state index in [2.05, 4.69) is 4.98 Å². The summed E-state index contributed by atoms with van der Waals surface area (Å²) in [6.45, 7) is -0.641. The Morgan fingerprint density at radius 1 is 1.32 bits per heavy atom. The van der Waals surface area contributed by atoms with Gasteiger partial charge in [-0.1, -0.05) is 0 Å². The van der Waals surface area contributed by atoms with Crippen molar-refractivity contribution in [1.82, 2.24) is 14.9 Å². The van der Waals surface area contributed by atoms with E-state index >= 15 is 0 Å². The minimum absolute atomic E-state index is 0.624. The average Bonchev–Trinajstić information content (AvgIpc) is 2.94. The van der Waals surface area contributed by atoms with Gasteiger partial charge < -0.3 is 15.0 Å². The van der Waals surface area contributed by atoms with Crippen LogP contribution in [0.3, 0.4) is 0 Å². The van der Waals surface area contributed by atoms with Gasteiger partial charge in [-0.25, -0.2) is 13.8 Å². The van der Waals surface area contributed by atoms with Gasteiger partial charge in [0.25, 0.3) is 5.91 Å². The van der Waals surface area contributed by atoms with Gasteiger partial charge in [0, 0.05) is 32.4 Å². The predicted octanol–water partition coefficient (Wildman–Crippen LogP) is 2.27. The number of alkyl halides is 3. The molecule has 2 aromatic rings. The molecule has 0 aliphatic heterocycles. The summed E-state index contributed by atoms with van der Waals surface area (Å²) in [4.78, 5) is 15.3. The number of carbonyl (C=O) groups excluding carboxylic acids is 1. The van der Waals surface area contributed by atoms with Gasteiger partial charge in [0.15, 0.2) is 0 Å². The van der Waals surface area contributed by atoms with Crippen LogP contribution in [-0.2, 0) is 12.6 Å². The molecule has 10 heteroatoms. The maximum atomic E-state index is 13.5. The number of hydrogen-bond donors (Lipinski definition) is 2. The molecule has 1 atom stereocenters. The Hall–Kier alpha value is -2.49. The number of carbonyl (C=O) groups is 1. The Labute approximate surface area is 139 Å². The number of nitrogens with one attached hydrogen (secondary N) is 1. The van der Waals surface area contributed by atoms with E-state index < -0.39 is 53.7 Å². The number of nitrogens with zero attached hydrogens (tertiary/aromatic N) is 2. The molecule has 0 radical (unpaired) electrons. The van der Waals surface area contributed by atoms with Crippen molar-refractivity contribution in [2.75, 3.05) is 6.54 Å². The SMILES string of the molecule is Cn1ccnc1C(O)(CCNC(=O)c1cc(F)ccc1F)C(F)(F)F. The molecule has 2 N–H and O–H groups in total. The largest absolute Gasteiger partial charge is 0.424 e. The summed E-state index contributed by atoms with van der Waals surface area (Å²) in [5.41, 5.74) is -3.95. The first-order chi connectivity index (χ1) is 11.6. The number of aliphatic hydroxyl groups is 1. The second-order valence-corrected chi connectivity index (χ2v) is 5.35. The van der Waals surface area contributed by atoms with Crippen LogP contribution in [0.15, 0.2) is 30.6 Å². The number of rotatable bonds is 5. The van der Waals surface area contributed by atoms with E-state index in [1.54, 1.807) is 0 Å². The first-order valence-corrected chi connectivity index (χ1v) is 7.06. The van der Waals surface area contributed by atoms with Crippen molar-refractivity contribution in [2.24, 2.45) is 7.05 Å². The molecule has 0 saturated carbocycles. The van der Waals surface area contributed by atoms with Crippen molar-refractivity contribution in [2.45, 2.75) is 18.2 Å². The van der Waals surface area contributed by atoms with Crippen molar-refractivity contribution >= 4 is 5.91 Å².